The van der Waals surface area contributed by atoms with Gasteiger partial charge in [-0.25, -0.2) is 0 Å². The van der Waals surface area contributed by atoms with E-state index >= 15 is 0 Å². The first-order chi connectivity index (χ1) is 8.27. The van der Waals surface area contributed by atoms with Crippen molar-refractivity contribution in [2.75, 3.05) is 0 Å². The summed E-state index contributed by atoms with van der Waals surface area (Å²) in [5.74, 6) is 0.200. The van der Waals surface area contributed by atoms with E-state index in [1.54, 1.807) is 18.2 Å². The smallest absolute Gasteiger partial charge is 0.127 e. The van der Waals surface area contributed by atoms with Crippen molar-refractivity contribution in [1.82, 2.24) is 10.2 Å². The molecule has 2 aromatic carbocycles. The van der Waals surface area contributed by atoms with Gasteiger partial charge < -0.3 is 5.11 Å². The Morgan fingerprint density at radius 3 is 2.71 bits per heavy atom. The largest absolute Gasteiger partial charge is 0.507 e. The highest BCUT2D eigenvalue weighted by Gasteiger charge is 2.13. The van der Waals surface area contributed by atoms with Crippen LogP contribution in [0.4, 0.5) is 0 Å². The third kappa shape index (κ3) is 1.56. The van der Waals surface area contributed by atoms with Crippen molar-refractivity contribution in [3.8, 4) is 17.0 Å². The standard InChI is InChI=1S/C13H9ClN2O/c14-9-5-2-1-4-8(9)13-12-10(15-16-13)6-3-7-11(12)17/h1-7,17H,(H,15,16). The summed E-state index contributed by atoms with van der Waals surface area (Å²) in [7, 11) is 0. The molecule has 0 fully saturated rings. The van der Waals surface area contributed by atoms with Crippen molar-refractivity contribution in [2.24, 2.45) is 0 Å². The molecule has 0 saturated carbocycles. The van der Waals surface area contributed by atoms with Gasteiger partial charge in [0.15, 0.2) is 0 Å². The molecule has 0 atom stereocenters. The number of H-pyrrole nitrogens is 1. The van der Waals surface area contributed by atoms with Gasteiger partial charge in [0.2, 0.25) is 0 Å². The molecule has 0 spiro atoms. The Hall–Kier alpha value is -2.00. The van der Waals surface area contributed by atoms with Crippen LogP contribution < -0.4 is 0 Å². The maximum atomic E-state index is 9.89. The summed E-state index contributed by atoms with van der Waals surface area (Å²) < 4.78 is 0. The third-order valence-corrected chi connectivity index (χ3v) is 3.03. The lowest BCUT2D eigenvalue weighted by Gasteiger charge is -2.01. The quantitative estimate of drug-likeness (QED) is 0.687. The van der Waals surface area contributed by atoms with Crippen LogP contribution in [0.15, 0.2) is 42.5 Å². The zero-order valence-corrected chi connectivity index (χ0v) is 9.57. The lowest BCUT2D eigenvalue weighted by atomic mass is 10.1. The highest BCUT2D eigenvalue weighted by molar-refractivity contribution is 6.33. The minimum absolute atomic E-state index is 0.200. The number of phenolic OH excluding ortho intramolecular Hbond substituents is 1. The summed E-state index contributed by atoms with van der Waals surface area (Å²) in [6, 6.07) is 12.7. The predicted octanol–water partition coefficient (Wildman–Crippen LogP) is 3.59. The van der Waals surface area contributed by atoms with Gasteiger partial charge in [-0.3, -0.25) is 5.10 Å². The summed E-state index contributed by atoms with van der Waals surface area (Å²) in [5.41, 5.74) is 2.27. The van der Waals surface area contributed by atoms with E-state index in [0.29, 0.717) is 16.1 Å². The molecule has 0 unspecified atom stereocenters. The molecule has 2 N–H and O–H groups in total. The topological polar surface area (TPSA) is 48.9 Å². The molecule has 17 heavy (non-hydrogen) atoms. The number of hydrogen-bond acceptors (Lipinski definition) is 2. The number of nitrogens with zero attached hydrogens (tertiary/aromatic N) is 1. The van der Waals surface area contributed by atoms with Gasteiger partial charge in [0.05, 0.1) is 15.9 Å². The molecule has 0 bridgehead atoms. The van der Waals surface area contributed by atoms with Crippen LogP contribution in [-0.2, 0) is 0 Å². The molecule has 1 aromatic heterocycles. The van der Waals surface area contributed by atoms with E-state index < -0.39 is 0 Å². The minimum Gasteiger partial charge on any atom is -0.507 e. The number of aromatic nitrogens is 2. The molecule has 0 amide bonds. The molecule has 3 nitrogen and oxygen atoms in total. The first kappa shape index (κ1) is 10.2. The fourth-order valence-corrected chi connectivity index (χ4v) is 2.13. The second-order valence-corrected chi connectivity index (χ2v) is 4.16. The SMILES string of the molecule is Oc1cccc2[nH]nc(-c3ccccc3Cl)c12. The summed E-state index contributed by atoms with van der Waals surface area (Å²) in [6.45, 7) is 0. The number of fused-ring (bicyclic) bond motifs is 1. The van der Waals surface area contributed by atoms with Crippen LogP contribution in [0.3, 0.4) is 0 Å². The third-order valence-electron chi connectivity index (χ3n) is 2.70. The molecular weight excluding hydrogens is 236 g/mol. The van der Waals surface area contributed by atoms with E-state index in [9.17, 15) is 5.11 Å². The second-order valence-electron chi connectivity index (χ2n) is 3.75. The monoisotopic (exact) mass is 244 g/mol. The number of aromatic amines is 1. The number of benzene rings is 2. The maximum absolute atomic E-state index is 9.89. The average Bonchev–Trinajstić information content (AvgIpc) is 2.75. The lowest BCUT2D eigenvalue weighted by Crippen LogP contribution is -1.80. The first-order valence-electron chi connectivity index (χ1n) is 5.18. The van der Waals surface area contributed by atoms with Crippen molar-refractivity contribution in [1.29, 1.82) is 0 Å². The van der Waals surface area contributed by atoms with E-state index in [4.69, 9.17) is 11.6 Å². The average molecular weight is 245 g/mol. The van der Waals surface area contributed by atoms with Gasteiger partial charge >= 0.3 is 0 Å². The van der Waals surface area contributed by atoms with Crippen LogP contribution in [0.2, 0.25) is 5.02 Å². The molecular formula is C13H9ClN2O. The van der Waals surface area contributed by atoms with E-state index in [1.165, 1.54) is 0 Å². The maximum Gasteiger partial charge on any atom is 0.127 e. The summed E-state index contributed by atoms with van der Waals surface area (Å²) >= 11 is 6.13. The fraction of sp³-hybridized carbons (Fsp3) is 0. The Balaban J connectivity index is 2.36. The Morgan fingerprint density at radius 2 is 1.88 bits per heavy atom. The first-order valence-corrected chi connectivity index (χ1v) is 5.56. The van der Waals surface area contributed by atoms with Gasteiger partial charge in [-0.2, -0.15) is 5.10 Å². The Morgan fingerprint density at radius 1 is 1.06 bits per heavy atom. The normalized spacial score (nSPS) is 10.9. The molecule has 0 aliphatic rings. The van der Waals surface area contributed by atoms with Gasteiger partial charge in [0.1, 0.15) is 11.4 Å². The van der Waals surface area contributed by atoms with E-state index in [1.807, 2.05) is 24.3 Å². The molecule has 0 aliphatic carbocycles. The highest BCUT2D eigenvalue weighted by Crippen LogP contribution is 2.35. The zero-order valence-electron chi connectivity index (χ0n) is 8.81. The van der Waals surface area contributed by atoms with Crippen molar-refractivity contribution in [2.45, 2.75) is 0 Å². The highest BCUT2D eigenvalue weighted by atomic mass is 35.5. The van der Waals surface area contributed by atoms with Crippen LogP contribution in [-0.4, -0.2) is 15.3 Å². The van der Waals surface area contributed by atoms with Crippen molar-refractivity contribution in [3.63, 3.8) is 0 Å². The summed E-state index contributed by atoms with van der Waals surface area (Å²) in [6.07, 6.45) is 0. The zero-order chi connectivity index (χ0) is 11.8. The van der Waals surface area contributed by atoms with Crippen LogP contribution in [0, 0.1) is 0 Å². The predicted molar refractivity (Wildman–Crippen MR) is 68.2 cm³/mol. The van der Waals surface area contributed by atoms with E-state index in [2.05, 4.69) is 10.2 Å². The molecule has 1 heterocycles. The molecule has 0 saturated heterocycles. The lowest BCUT2D eigenvalue weighted by molar-refractivity contribution is 0.482. The molecule has 3 aromatic rings. The summed E-state index contributed by atoms with van der Waals surface area (Å²) in [4.78, 5) is 0. The molecule has 0 aliphatic heterocycles. The summed E-state index contributed by atoms with van der Waals surface area (Å²) in [5, 5.41) is 18.3. The molecule has 3 rings (SSSR count). The number of aromatic hydroxyl groups is 1. The Labute approximate surface area is 103 Å². The van der Waals surface area contributed by atoms with Gasteiger partial charge in [0, 0.05) is 5.56 Å². The van der Waals surface area contributed by atoms with Crippen LogP contribution >= 0.6 is 11.6 Å². The fourth-order valence-electron chi connectivity index (χ4n) is 1.90. The number of halogens is 1. The number of phenols is 1. The van der Waals surface area contributed by atoms with Crippen molar-refractivity contribution < 1.29 is 5.11 Å². The number of rotatable bonds is 1. The van der Waals surface area contributed by atoms with Crippen molar-refractivity contribution in [3.05, 3.63) is 47.5 Å². The van der Waals surface area contributed by atoms with Crippen LogP contribution in [0.1, 0.15) is 0 Å². The number of nitrogens with one attached hydrogen (secondary N) is 1. The van der Waals surface area contributed by atoms with Gasteiger partial charge in [0.25, 0.3) is 0 Å². The van der Waals surface area contributed by atoms with Gasteiger partial charge in [-0.1, -0.05) is 35.9 Å². The Bertz CT molecular complexity index is 691. The van der Waals surface area contributed by atoms with Crippen LogP contribution in [0.25, 0.3) is 22.2 Å². The van der Waals surface area contributed by atoms with Gasteiger partial charge in [-0.15, -0.1) is 0 Å². The molecule has 0 radical (unpaired) electrons. The second kappa shape index (κ2) is 3.79. The number of hydrogen-bond donors (Lipinski definition) is 2. The van der Waals surface area contributed by atoms with E-state index in [-0.39, 0.29) is 5.75 Å². The minimum atomic E-state index is 0.200. The van der Waals surface area contributed by atoms with Gasteiger partial charge in [-0.05, 0) is 18.2 Å². The van der Waals surface area contributed by atoms with Crippen LogP contribution in [0.5, 0.6) is 5.75 Å². The Kier molecular flexibility index (Phi) is 2.27. The molecule has 4 heteroatoms. The van der Waals surface area contributed by atoms with E-state index in [0.717, 1.165) is 11.1 Å². The van der Waals surface area contributed by atoms with Crippen molar-refractivity contribution >= 4 is 22.5 Å². The molecule has 84 valence electrons.